The van der Waals surface area contributed by atoms with Gasteiger partial charge < -0.3 is 14.9 Å². The van der Waals surface area contributed by atoms with Crippen molar-refractivity contribution >= 4 is 28.1 Å². The summed E-state index contributed by atoms with van der Waals surface area (Å²) in [5, 5.41) is 0. The van der Waals surface area contributed by atoms with Gasteiger partial charge in [0.2, 0.25) is 0 Å². The first-order valence-corrected chi connectivity index (χ1v) is 7.51. The Balaban J connectivity index is 1.78. The second-order valence-electron chi connectivity index (χ2n) is 5.70. The van der Waals surface area contributed by atoms with Gasteiger partial charge in [-0.3, -0.25) is 13.9 Å². The number of aryl methyl sites for hydroxylation is 3. The number of fused-ring (bicyclic) bond motifs is 2. The molecular formula is C14H15N9O2. The van der Waals surface area contributed by atoms with Gasteiger partial charge in [0.25, 0.3) is 5.56 Å². The minimum Gasteiger partial charge on any atom is -0.382 e. The Kier molecular flexibility index (Phi) is 3.17. The fourth-order valence-corrected chi connectivity index (χ4v) is 2.86. The fraction of sp³-hybridized carbons (Fsp3) is 0.286. The number of rotatable bonds is 3. The minimum absolute atomic E-state index is 0.169. The standard InChI is InChI=1S/C14H15N9O2/c1-20-6-19-12-9(20)13(24)23(14(25)21(12)2)4-3-22-7-18-8-10(15)16-5-17-11(8)22/h5-7H,3-4H2,1-2H3,(H2,15,16,17). The molecule has 4 rings (SSSR count). The number of nitrogens with zero attached hydrogens (tertiary/aromatic N) is 8. The lowest BCUT2D eigenvalue weighted by Crippen LogP contribution is -2.40. The first kappa shape index (κ1) is 15.1. The fourth-order valence-electron chi connectivity index (χ4n) is 2.86. The van der Waals surface area contributed by atoms with Crippen molar-refractivity contribution < 1.29 is 0 Å². The van der Waals surface area contributed by atoms with E-state index in [0.29, 0.717) is 28.9 Å². The van der Waals surface area contributed by atoms with Gasteiger partial charge in [-0.25, -0.2) is 24.7 Å². The van der Waals surface area contributed by atoms with Crippen LogP contribution in [0.3, 0.4) is 0 Å². The highest BCUT2D eigenvalue weighted by atomic mass is 16.2. The Morgan fingerprint density at radius 1 is 1.00 bits per heavy atom. The van der Waals surface area contributed by atoms with E-state index in [1.54, 1.807) is 29.6 Å². The van der Waals surface area contributed by atoms with E-state index in [9.17, 15) is 9.59 Å². The zero-order valence-electron chi connectivity index (χ0n) is 13.6. The van der Waals surface area contributed by atoms with E-state index in [1.807, 2.05) is 0 Å². The molecule has 0 aromatic carbocycles. The predicted octanol–water partition coefficient (Wildman–Crippen LogP) is -1.14. The lowest BCUT2D eigenvalue weighted by molar-refractivity contribution is 0.536. The third-order valence-corrected chi connectivity index (χ3v) is 4.20. The first-order valence-electron chi connectivity index (χ1n) is 7.51. The molecular weight excluding hydrogens is 326 g/mol. The third kappa shape index (κ3) is 2.12. The molecule has 0 aliphatic heterocycles. The van der Waals surface area contributed by atoms with Crippen molar-refractivity contribution in [1.29, 1.82) is 0 Å². The molecule has 2 N–H and O–H groups in total. The Morgan fingerprint density at radius 3 is 2.60 bits per heavy atom. The molecule has 11 nitrogen and oxygen atoms in total. The topological polar surface area (TPSA) is 131 Å². The maximum Gasteiger partial charge on any atom is 0.332 e. The van der Waals surface area contributed by atoms with E-state index in [1.165, 1.54) is 21.8 Å². The van der Waals surface area contributed by atoms with Crippen LogP contribution in [0, 0.1) is 0 Å². The van der Waals surface area contributed by atoms with Crippen LogP contribution >= 0.6 is 0 Å². The summed E-state index contributed by atoms with van der Waals surface area (Å²) < 4.78 is 5.88. The highest BCUT2D eigenvalue weighted by Gasteiger charge is 2.15. The maximum absolute atomic E-state index is 12.7. The van der Waals surface area contributed by atoms with Gasteiger partial charge in [0, 0.05) is 27.2 Å². The first-order chi connectivity index (χ1) is 12.0. The number of aromatic nitrogens is 8. The zero-order chi connectivity index (χ0) is 17.7. The molecule has 0 radical (unpaired) electrons. The van der Waals surface area contributed by atoms with Crippen LogP contribution in [0.15, 0.2) is 28.6 Å². The molecule has 0 aliphatic carbocycles. The van der Waals surface area contributed by atoms with Crippen LogP contribution < -0.4 is 17.0 Å². The Morgan fingerprint density at radius 2 is 1.80 bits per heavy atom. The van der Waals surface area contributed by atoms with E-state index in [-0.39, 0.29) is 17.9 Å². The van der Waals surface area contributed by atoms with Crippen LogP contribution in [0.2, 0.25) is 0 Å². The lowest BCUT2D eigenvalue weighted by Gasteiger charge is -2.09. The molecule has 128 valence electrons. The van der Waals surface area contributed by atoms with Crippen molar-refractivity contribution in [1.82, 2.24) is 38.2 Å². The van der Waals surface area contributed by atoms with E-state index in [0.717, 1.165) is 0 Å². The monoisotopic (exact) mass is 341 g/mol. The molecule has 4 aromatic heterocycles. The van der Waals surface area contributed by atoms with E-state index in [4.69, 9.17) is 5.73 Å². The van der Waals surface area contributed by atoms with Gasteiger partial charge in [0.05, 0.1) is 12.7 Å². The summed E-state index contributed by atoms with van der Waals surface area (Å²) >= 11 is 0. The highest BCUT2D eigenvalue weighted by Crippen LogP contribution is 2.13. The van der Waals surface area contributed by atoms with Gasteiger partial charge in [-0.1, -0.05) is 0 Å². The van der Waals surface area contributed by atoms with Gasteiger partial charge in [0.15, 0.2) is 22.6 Å². The van der Waals surface area contributed by atoms with E-state index < -0.39 is 5.69 Å². The molecule has 0 amide bonds. The smallest absolute Gasteiger partial charge is 0.332 e. The van der Waals surface area contributed by atoms with Gasteiger partial charge in [-0.2, -0.15) is 0 Å². The van der Waals surface area contributed by atoms with E-state index >= 15 is 0 Å². The summed E-state index contributed by atoms with van der Waals surface area (Å²) in [6.45, 7) is 0.507. The van der Waals surface area contributed by atoms with E-state index in [2.05, 4.69) is 19.9 Å². The van der Waals surface area contributed by atoms with Crippen molar-refractivity contribution in [3.05, 3.63) is 39.8 Å². The number of hydrogen-bond acceptors (Lipinski definition) is 7. The number of hydrogen-bond donors (Lipinski definition) is 1. The van der Waals surface area contributed by atoms with Gasteiger partial charge in [-0.15, -0.1) is 0 Å². The quantitative estimate of drug-likeness (QED) is 0.498. The third-order valence-electron chi connectivity index (χ3n) is 4.20. The number of nitrogens with two attached hydrogens (primary N) is 1. The molecule has 0 saturated carbocycles. The predicted molar refractivity (Wildman–Crippen MR) is 90.0 cm³/mol. The molecule has 25 heavy (non-hydrogen) atoms. The molecule has 4 aromatic rings. The van der Waals surface area contributed by atoms with Gasteiger partial charge in [-0.05, 0) is 0 Å². The Hall–Kier alpha value is -3.50. The summed E-state index contributed by atoms with van der Waals surface area (Å²) in [6.07, 6.45) is 4.43. The molecule has 4 heterocycles. The van der Waals surface area contributed by atoms with Crippen LogP contribution in [0.4, 0.5) is 5.82 Å². The molecule has 0 spiro atoms. The maximum atomic E-state index is 12.7. The molecule has 0 saturated heterocycles. The Bertz CT molecular complexity index is 1230. The van der Waals surface area contributed by atoms with Crippen molar-refractivity contribution in [3.63, 3.8) is 0 Å². The second-order valence-corrected chi connectivity index (χ2v) is 5.70. The van der Waals surface area contributed by atoms with Crippen molar-refractivity contribution in [2.45, 2.75) is 13.1 Å². The summed E-state index contributed by atoms with van der Waals surface area (Å²) in [5.74, 6) is 0.285. The van der Waals surface area contributed by atoms with Crippen LogP contribution in [0.5, 0.6) is 0 Å². The van der Waals surface area contributed by atoms with Crippen LogP contribution in [0.25, 0.3) is 22.3 Å². The van der Waals surface area contributed by atoms with Gasteiger partial charge in [0.1, 0.15) is 11.8 Å². The molecule has 0 unspecified atom stereocenters. The molecule has 11 heteroatoms. The van der Waals surface area contributed by atoms with Crippen molar-refractivity contribution in [2.24, 2.45) is 14.1 Å². The SMILES string of the molecule is Cn1cnc2c1c(=O)n(CCn1cnc3c(N)ncnc31)c(=O)n2C. The molecule has 0 bridgehead atoms. The number of nitrogen functional groups attached to an aromatic ring is 1. The van der Waals surface area contributed by atoms with Crippen LogP contribution in [-0.2, 0) is 27.2 Å². The van der Waals surface area contributed by atoms with Gasteiger partial charge >= 0.3 is 5.69 Å². The molecule has 0 fully saturated rings. The zero-order valence-corrected chi connectivity index (χ0v) is 13.6. The minimum atomic E-state index is -0.422. The lowest BCUT2D eigenvalue weighted by atomic mass is 10.4. The van der Waals surface area contributed by atoms with Crippen LogP contribution in [0.1, 0.15) is 0 Å². The summed E-state index contributed by atoms with van der Waals surface area (Å²) in [7, 11) is 3.31. The number of anilines is 1. The Labute approximate surface area is 140 Å². The average Bonchev–Trinajstić information content (AvgIpc) is 3.18. The summed E-state index contributed by atoms with van der Waals surface area (Å²) in [5.41, 5.74) is 6.75. The largest absolute Gasteiger partial charge is 0.382 e. The van der Waals surface area contributed by atoms with Crippen LogP contribution in [-0.4, -0.2) is 38.2 Å². The highest BCUT2D eigenvalue weighted by molar-refractivity contribution is 5.81. The molecule has 0 aliphatic rings. The normalized spacial score (nSPS) is 11.6. The summed E-state index contributed by atoms with van der Waals surface area (Å²) in [6, 6.07) is 0. The van der Waals surface area contributed by atoms with Crippen molar-refractivity contribution in [3.8, 4) is 0 Å². The molecule has 0 atom stereocenters. The average molecular weight is 341 g/mol. The van der Waals surface area contributed by atoms with Crippen molar-refractivity contribution in [2.75, 3.05) is 5.73 Å². The summed E-state index contributed by atoms with van der Waals surface area (Å²) in [4.78, 5) is 41.5. The second kappa shape index (κ2) is 5.26. The number of imidazole rings is 2.